The van der Waals surface area contributed by atoms with Gasteiger partial charge in [-0.1, -0.05) is 61.2 Å². The summed E-state index contributed by atoms with van der Waals surface area (Å²) < 4.78 is 27.8. The molecule has 3 nitrogen and oxygen atoms in total. The zero-order valence-corrected chi connectivity index (χ0v) is 14.4. The summed E-state index contributed by atoms with van der Waals surface area (Å²) in [6.07, 6.45) is 5.25. The van der Waals surface area contributed by atoms with Gasteiger partial charge in [-0.3, -0.25) is 0 Å². The first-order valence-corrected chi connectivity index (χ1v) is 9.80. The number of rotatable bonds is 4. The molecule has 1 aliphatic carbocycles. The van der Waals surface area contributed by atoms with Crippen molar-refractivity contribution in [3.05, 3.63) is 53.6 Å². The van der Waals surface area contributed by atoms with Crippen molar-refractivity contribution in [2.75, 3.05) is 0 Å². The lowest BCUT2D eigenvalue weighted by Gasteiger charge is -2.22. The molecule has 0 bridgehead atoms. The smallest absolute Gasteiger partial charge is 0.208 e. The Labute approximate surface area is 142 Å². The molecule has 2 aromatic carbocycles. The van der Waals surface area contributed by atoms with Crippen molar-refractivity contribution in [1.29, 1.82) is 0 Å². The van der Waals surface area contributed by atoms with Crippen LogP contribution in [0.25, 0.3) is 11.1 Å². The van der Waals surface area contributed by atoms with Crippen LogP contribution in [0, 0.1) is 0 Å². The van der Waals surface area contributed by atoms with Crippen LogP contribution in [-0.4, -0.2) is 14.5 Å². The van der Waals surface area contributed by atoms with Gasteiger partial charge in [-0.05, 0) is 36.6 Å². The fourth-order valence-corrected chi connectivity index (χ4v) is 4.57. The number of sulfonamides is 1. The molecule has 0 radical (unpaired) electrons. The molecule has 23 heavy (non-hydrogen) atoms. The minimum Gasteiger partial charge on any atom is -0.208 e. The van der Waals surface area contributed by atoms with Crippen LogP contribution >= 0.6 is 11.6 Å². The van der Waals surface area contributed by atoms with Crippen LogP contribution in [0.15, 0.2) is 53.4 Å². The summed E-state index contributed by atoms with van der Waals surface area (Å²) in [5.74, 6) is 0. The average Bonchev–Trinajstić information content (AvgIpc) is 2.56. The van der Waals surface area contributed by atoms with Gasteiger partial charge in [0.15, 0.2) is 0 Å². The summed E-state index contributed by atoms with van der Waals surface area (Å²) >= 11 is 6.19. The SMILES string of the molecule is O=S(=O)(NC1CCCCC1)c1ccc(-c2ccccc2Cl)cc1. The Balaban J connectivity index is 1.80. The van der Waals surface area contributed by atoms with Gasteiger partial charge in [-0.2, -0.15) is 0 Å². The Kier molecular flexibility index (Phi) is 5.05. The van der Waals surface area contributed by atoms with E-state index in [1.54, 1.807) is 24.3 Å². The van der Waals surface area contributed by atoms with Crippen molar-refractivity contribution >= 4 is 21.6 Å². The lowest BCUT2D eigenvalue weighted by atomic mass is 9.96. The van der Waals surface area contributed by atoms with E-state index in [0.29, 0.717) is 9.92 Å². The van der Waals surface area contributed by atoms with Gasteiger partial charge in [-0.25, -0.2) is 13.1 Å². The quantitative estimate of drug-likeness (QED) is 0.875. The van der Waals surface area contributed by atoms with E-state index >= 15 is 0 Å². The highest BCUT2D eigenvalue weighted by Gasteiger charge is 2.21. The van der Waals surface area contributed by atoms with Crippen LogP contribution < -0.4 is 4.72 Å². The summed E-state index contributed by atoms with van der Waals surface area (Å²) in [6, 6.07) is 14.5. The Hall–Kier alpha value is -1.36. The minimum atomic E-state index is -3.45. The first-order valence-electron chi connectivity index (χ1n) is 7.93. The molecule has 1 fully saturated rings. The molecule has 0 saturated heterocycles. The maximum atomic E-state index is 12.5. The van der Waals surface area contributed by atoms with Gasteiger partial charge in [0.2, 0.25) is 10.0 Å². The van der Waals surface area contributed by atoms with Gasteiger partial charge in [0.05, 0.1) is 4.90 Å². The number of hydrogen-bond acceptors (Lipinski definition) is 2. The highest BCUT2D eigenvalue weighted by atomic mass is 35.5. The van der Waals surface area contributed by atoms with Crippen LogP contribution in [0.4, 0.5) is 0 Å². The van der Waals surface area contributed by atoms with Gasteiger partial charge in [0.1, 0.15) is 0 Å². The molecule has 0 amide bonds. The largest absolute Gasteiger partial charge is 0.240 e. The monoisotopic (exact) mass is 349 g/mol. The second-order valence-corrected chi connectivity index (χ2v) is 8.08. The fourth-order valence-electron chi connectivity index (χ4n) is 3.02. The normalized spacial score (nSPS) is 16.4. The van der Waals surface area contributed by atoms with Crippen LogP contribution in [0.5, 0.6) is 0 Å². The van der Waals surface area contributed by atoms with E-state index in [-0.39, 0.29) is 6.04 Å². The zero-order valence-electron chi connectivity index (χ0n) is 12.8. The van der Waals surface area contributed by atoms with Gasteiger partial charge in [0.25, 0.3) is 0 Å². The first-order chi connectivity index (χ1) is 11.1. The maximum Gasteiger partial charge on any atom is 0.240 e. The zero-order chi connectivity index (χ0) is 16.3. The van der Waals surface area contributed by atoms with Crippen molar-refractivity contribution in [3.63, 3.8) is 0 Å². The van der Waals surface area contributed by atoms with Gasteiger partial charge in [0, 0.05) is 16.6 Å². The maximum absolute atomic E-state index is 12.5. The number of halogens is 1. The second kappa shape index (κ2) is 7.04. The molecular formula is C18H20ClNO2S. The van der Waals surface area contributed by atoms with Crippen molar-refractivity contribution < 1.29 is 8.42 Å². The van der Waals surface area contributed by atoms with Gasteiger partial charge < -0.3 is 0 Å². The highest BCUT2D eigenvalue weighted by molar-refractivity contribution is 7.89. The third-order valence-electron chi connectivity index (χ3n) is 4.28. The second-order valence-electron chi connectivity index (χ2n) is 5.96. The van der Waals surface area contributed by atoms with E-state index in [9.17, 15) is 8.42 Å². The first kappa shape index (κ1) is 16.5. The van der Waals surface area contributed by atoms with Crippen LogP contribution in [0.1, 0.15) is 32.1 Å². The summed E-state index contributed by atoms with van der Waals surface area (Å²) in [6.45, 7) is 0. The third kappa shape index (κ3) is 3.94. The molecule has 0 aromatic heterocycles. The topological polar surface area (TPSA) is 46.2 Å². The summed E-state index contributed by atoms with van der Waals surface area (Å²) in [7, 11) is -3.45. The molecule has 1 saturated carbocycles. The Morgan fingerprint density at radius 2 is 1.57 bits per heavy atom. The molecule has 0 atom stereocenters. The third-order valence-corrected chi connectivity index (χ3v) is 6.14. The Bertz CT molecular complexity index is 766. The summed E-state index contributed by atoms with van der Waals surface area (Å²) in [4.78, 5) is 0.305. The molecule has 0 spiro atoms. The van der Waals surface area contributed by atoms with Crippen LogP contribution in [0.3, 0.4) is 0 Å². The predicted molar refractivity (Wildman–Crippen MR) is 94.1 cm³/mol. The molecule has 2 aromatic rings. The lowest BCUT2D eigenvalue weighted by Crippen LogP contribution is -2.36. The molecule has 1 aliphatic rings. The molecular weight excluding hydrogens is 330 g/mol. The fraction of sp³-hybridized carbons (Fsp3) is 0.333. The Morgan fingerprint density at radius 1 is 0.913 bits per heavy atom. The highest BCUT2D eigenvalue weighted by Crippen LogP contribution is 2.28. The van der Waals surface area contributed by atoms with Crippen molar-refractivity contribution in [2.24, 2.45) is 0 Å². The van der Waals surface area contributed by atoms with Crippen molar-refractivity contribution in [3.8, 4) is 11.1 Å². The van der Waals surface area contributed by atoms with E-state index < -0.39 is 10.0 Å². The van der Waals surface area contributed by atoms with E-state index in [1.165, 1.54) is 6.42 Å². The molecule has 0 unspecified atom stereocenters. The average molecular weight is 350 g/mol. The Morgan fingerprint density at radius 3 is 2.22 bits per heavy atom. The summed E-state index contributed by atoms with van der Waals surface area (Å²) in [5, 5.41) is 0.656. The number of hydrogen-bond donors (Lipinski definition) is 1. The van der Waals surface area contributed by atoms with Gasteiger partial charge >= 0.3 is 0 Å². The molecule has 0 aliphatic heterocycles. The minimum absolute atomic E-state index is 0.0667. The molecule has 1 N–H and O–H groups in total. The van der Waals surface area contributed by atoms with E-state index in [2.05, 4.69) is 4.72 Å². The number of nitrogens with one attached hydrogen (secondary N) is 1. The summed E-state index contributed by atoms with van der Waals surface area (Å²) in [5.41, 5.74) is 1.81. The predicted octanol–water partition coefficient (Wildman–Crippen LogP) is 4.62. The van der Waals surface area contributed by atoms with Crippen LogP contribution in [0.2, 0.25) is 5.02 Å². The van der Waals surface area contributed by atoms with Crippen molar-refractivity contribution in [2.45, 2.75) is 43.0 Å². The number of benzene rings is 2. The van der Waals surface area contributed by atoms with E-state index in [0.717, 1.165) is 36.8 Å². The van der Waals surface area contributed by atoms with Crippen molar-refractivity contribution in [1.82, 2.24) is 4.72 Å². The van der Waals surface area contributed by atoms with Crippen LogP contribution in [-0.2, 0) is 10.0 Å². The van der Waals surface area contributed by atoms with E-state index in [1.807, 2.05) is 24.3 Å². The lowest BCUT2D eigenvalue weighted by molar-refractivity contribution is 0.412. The standard InChI is InChI=1S/C18H20ClNO2S/c19-18-9-5-4-8-17(18)14-10-12-16(13-11-14)23(21,22)20-15-6-2-1-3-7-15/h4-5,8-13,15,20H,1-3,6-7H2. The van der Waals surface area contributed by atoms with Gasteiger partial charge in [-0.15, -0.1) is 0 Å². The van der Waals surface area contributed by atoms with E-state index in [4.69, 9.17) is 11.6 Å². The molecule has 3 rings (SSSR count). The molecule has 5 heteroatoms. The molecule has 0 heterocycles. The molecule has 122 valence electrons.